The molecule has 12 heavy (non-hydrogen) atoms. The Kier molecular flexibility index (Phi) is 10.9. The minimum atomic E-state index is -1.11. The molecule has 56 valence electrons. The van der Waals surface area contributed by atoms with E-state index in [0.29, 0.717) is 0 Å². The van der Waals surface area contributed by atoms with Gasteiger partial charge < -0.3 is 13.1 Å². The zero-order chi connectivity index (χ0) is 7.56. The van der Waals surface area contributed by atoms with E-state index in [-0.39, 0.29) is 117 Å². The Morgan fingerprint density at radius 1 is 1.25 bits per heavy atom. The molecule has 0 amide bonds. The Morgan fingerprint density at radius 3 is 2.08 bits per heavy atom. The number of carboxylic acids is 1. The topological polar surface area (TPSA) is 57.5 Å². The van der Waals surface area contributed by atoms with E-state index >= 15 is 0 Å². The van der Waals surface area contributed by atoms with Gasteiger partial charge in [-0.25, -0.2) is 4.79 Å². The number of carbonyl (C=O) groups is 1. The molecule has 0 aliphatic rings. The predicted octanol–water partition coefficient (Wildman–Crippen LogP) is -4.68. The molecule has 0 heterocycles. The van der Waals surface area contributed by atoms with Crippen LogP contribution in [-0.2, 0) is 0 Å². The zero-order valence-electron chi connectivity index (χ0n) is 9.11. The molecule has 0 aliphatic carbocycles. The monoisotopic (exact) mass is 218 g/mol. The number of hydrogen-bond acceptors (Lipinski definition) is 2. The third kappa shape index (κ3) is 4.85. The normalized spacial score (nSPS) is 7.67. The summed E-state index contributed by atoms with van der Waals surface area (Å²) in [5, 5.41) is 17.3. The Labute approximate surface area is 158 Å². The van der Waals surface area contributed by atoms with Gasteiger partial charge in [-0.05, 0) is 12.1 Å². The summed E-state index contributed by atoms with van der Waals surface area (Å²) in [4.78, 5) is 10.3. The minimum absolute atomic E-state index is 0. The first-order chi connectivity index (χ1) is 4.72. The SMILES string of the molecule is O=C(O)c1ccccc1O.[H-].[H-].[K+].[K+]. The van der Waals surface area contributed by atoms with E-state index in [1.165, 1.54) is 12.1 Å². The number of rotatable bonds is 1. The van der Waals surface area contributed by atoms with Crippen LogP contribution in [0.1, 0.15) is 13.2 Å². The van der Waals surface area contributed by atoms with E-state index < -0.39 is 5.97 Å². The van der Waals surface area contributed by atoms with Crippen molar-refractivity contribution in [2.24, 2.45) is 0 Å². The second kappa shape index (κ2) is 8.10. The zero-order valence-corrected chi connectivity index (χ0v) is 13.4. The van der Waals surface area contributed by atoms with Crippen LogP contribution in [0.15, 0.2) is 24.3 Å². The van der Waals surface area contributed by atoms with E-state index in [9.17, 15) is 4.79 Å². The summed E-state index contributed by atoms with van der Waals surface area (Å²) in [5.74, 6) is -1.31. The fourth-order valence-corrected chi connectivity index (χ4v) is 0.654. The van der Waals surface area contributed by atoms with Crippen molar-refractivity contribution >= 4 is 5.97 Å². The van der Waals surface area contributed by atoms with Gasteiger partial charge in [0, 0.05) is 0 Å². The molecule has 0 saturated carbocycles. The first-order valence-corrected chi connectivity index (χ1v) is 2.73. The number of phenols is 1. The van der Waals surface area contributed by atoms with Crippen LogP contribution in [0, 0.1) is 0 Å². The second-order valence-electron chi connectivity index (χ2n) is 1.82. The molecule has 2 N–H and O–H groups in total. The second-order valence-corrected chi connectivity index (χ2v) is 1.82. The fraction of sp³-hybridized carbons (Fsp3) is 0. The largest absolute Gasteiger partial charge is 1.00 e. The standard InChI is InChI=1S/C7H6O3.2K.2H/c8-6-4-2-1-3-5(6)7(9)10;;;;/h1-4,8H,(H,9,10);;;;/q;2*+1;2*-1. The maximum atomic E-state index is 10.3. The van der Waals surface area contributed by atoms with Gasteiger partial charge in [0.2, 0.25) is 0 Å². The molecule has 0 fully saturated rings. The number of hydrogen-bond donors (Lipinski definition) is 2. The van der Waals surface area contributed by atoms with Gasteiger partial charge in [-0.2, -0.15) is 0 Å². The number of aromatic hydroxyl groups is 1. The summed E-state index contributed by atoms with van der Waals surface area (Å²) < 4.78 is 0. The minimum Gasteiger partial charge on any atom is -1.00 e. The summed E-state index contributed by atoms with van der Waals surface area (Å²) in [5.41, 5.74) is -0.0671. The molecule has 1 aromatic carbocycles. The van der Waals surface area contributed by atoms with Crippen molar-refractivity contribution in [1.29, 1.82) is 0 Å². The molecule has 0 bridgehead atoms. The Bertz CT molecular complexity index is 271. The molecular formula is C7H8K2O3. The summed E-state index contributed by atoms with van der Waals surface area (Å²) >= 11 is 0. The van der Waals surface area contributed by atoms with E-state index in [1.807, 2.05) is 0 Å². The third-order valence-corrected chi connectivity index (χ3v) is 1.13. The van der Waals surface area contributed by atoms with Crippen LogP contribution in [0.25, 0.3) is 0 Å². The molecule has 1 aromatic rings. The summed E-state index contributed by atoms with van der Waals surface area (Å²) in [6.45, 7) is 0. The fourth-order valence-electron chi connectivity index (χ4n) is 0.654. The molecule has 0 saturated heterocycles. The molecular weight excluding hydrogens is 210 g/mol. The molecule has 0 aliphatic heterocycles. The van der Waals surface area contributed by atoms with Crippen LogP contribution < -0.4 is 103 Å². The van der Waals surface area contributed by atoms with Gasteiger partial charge in [0.25, 0.3) is 0 Å². The first kappa shape index (κ1) is 16.2. The molecule has 0 unspecified atom stereocenters. The Balaban J connectivity index is -0.000000125. The summed E-state index contributed by atoms with van der Waals surface area (Å²) in [7, 11) is 0. The van der Waals surface area contributed by atoms with Crippen molar-refractivity contribution in [3.8, 4) is 5.75 Å². The van der Waals surface area contributed by atoms with Crippen LogP contribution >= 0.6 is 0 Å². The van der Waals surface area contributed by atoms with Crippen molar-refractivity contribution in [3.05, 3.63) is 29.8 Å². The van der Waals surface area contributed by atoms with Crippen LogP contribution in [-0.4, -0.2) is 16.2 Å². The quantitative estimate of drug-likeness (QED) is 0.466. The molecule has 5 heteroatoms. The van der Waals surface area contributed by atoms with Crippen LogP contribution in [0.3, 0.4) is 0 Å². The van der Waals surface area contributed by atoms with Crippen LogP contribution in [0.4, 0.5) is 0 Å². The van der Waals surface area contributed by atoms with Gasteiger partial charge in [-0.15, -0.1) is 0 Å². The van der Waals surface area contributed by atoms with E-state index in [4.69, 9.17) is 10.2 Å². The molecule has 0 radical (unpaired) electrons. The molecule has 3 nitrogen and oxygen atoms in total. The van der Waals surface area contributed by atoms with Gasteiger partial charge >= 0.3 is 109 Å². The van der Waals surface area contributed by atoms with Crippen molar-refractivity contribution in [2.75, 3.05) is 0 Å². The number of benzene rings is 1. The van der Waals surface area contributed by atoms with Gasteiger partial charge in [-0.3, -0.25) is 0 Å². The van der Waals surface area contributed by atoms with E-state index in [0.717, 1.165) is 0 Å². The number of aromatic carboxylic acids is 1. The van der Waals surface area contributed by atoms with Gasteiger partial charge in [0.05, 0.1) is 0 Å². The molecule has 1 rings (SSSR count). The third-order valence-electron chi connectivity index (χ3n) is 1.13. The predicted molar refractivity (Wildman–Crippen MR) is 37.3 cm³/mol. The Hall–Kier alpha value is 1.76. The van der Waals surface area contributed by atoms with Gasteiger partial charge in [0.15, 0.2) is 0 Å². The summed E-state index contributed by atoms with van der Waals surface area (Å²) in [6.07, 6.45) is 0. The average Bonchev–Trinajstić information content (AvgIpc) is 1.88. The van der Waals surface area contributed by atoms with Crippen molar-refractivity contribution < 1.29 is 121 Å². The Morgan fingerprint density at radius 2 is 1.75 bits per heavy atom. The number of carboxylic acid groups (broad SMARTS) is 1. The van der Waals surface area contributed by atoms with Crippen molar-refractivity contribution in [3.63, 3.8) is 0 Å². The molecule has 0 aromatic heterocycles. The van der Waals surface area contributed by atoms with E-state index in [1.54, 1.807) is 12.1 Å². The van der Waals surface area contributed by atoms with Crippen molar-refractivity contribution in [1.82, 2.24) is 0 Å². The first-order valence-electron chi connectivity index (χ1n) is 2.73. The maximum absolute atomic E-state index is 10.3. The number of para-hydroxylation sites is 1. The summed E-state index contributed by atoms with van der Waals surface area (Å²) in [6, 6.07) is 5.81. The smallest absolute Gasteiger partial charge is 1.00 e. The molecule has 0 atom stereocenters. The average molecular weight is 218 g/mol. The van der Waals surface area contributed by atoms with Crippen molar-refractivity contribution in [2.45, 2.75) is 0 Å². The maximum Gasteiger partial charge on any atom is 1.00 e. The molecule has 0 spiro atoms. The van der Waals surface area contributed by atoms with Gasteiger partial charge in [-0.1, -0.05) is 12.1 Å². The van der Waals surface area contributed by atoms with Crippen LogP contribution in [0.5, 0.6) is 5.75 Å². The van der Waals surface area contributed by atoms with Crippen LogP contribution in [0.2, 0.25) is 0 Å². The van der Waals surface area contributed by atoms with E-state index in [2.05, 4.69) is 0 Å². The van der Waals surface area contributed by atoms with Gasteiger partial charge in [0.1, 0.15) is 11.3 Å².